The van der Waals surface area contributed by atoms with E-state index in [1.54, 1.807) is 48.5 Å². The summed E-state index contributed by atoms with van der Waals surface area (Å²) in [6.45, 7) is 12.4. The number of carbonyl (C=O) groups excluding carboxylic acids is 2. The van der Waals surface area contributed by atoms with Gasteiger partial charge in [-0.25, -0.2) is 0 Å². The van der Waals surface area contributed by atoms with E-state index in [9.17, 15) is 9.59 Å². The molecule has 3 aromatic rings. The van der Waals surface area contributed by atoms with E-state index in [-0.39, 0.29) is 30.3 Å². The zero-order valence-corrected chi connectivity index (χ0v) is 26.6. The highest BCUT2D eigenvalue weighted by molar-refractivity contribution is 6.30. The lowest BCUT2D eigenvalue weighted by Crippen LogP contribution is -2.34. The number of aryl methyl sites for hydroxylation is 2. The van der Waals surface area contributed by atoms with Crippen LogP contribution in [0.5, 0.6) is 5.75 Å². The van der Waals surface area contributed by atoms with E-state index in [1.165, 1.54) is 29.5 Å². The molecule has 0 saturated carbocycles. The number of rotatable bonds is 11. The van der Waals surface area contributed by atoms with Gasteiger partial charge in [-0.05, 0) is 150 Å². The first-order valence-electron chi connectivity index (χ1n) is 14.6. The van der Waals surface area contributed by atoms with Gasteiger partial charge in [0.15, 0.2) is 0 Å². The first kappa shape index (κ1) is 33.4. The van der Waals surface area contributed by atoms with Crippen molar-refractivity contribution in [1.29, 1.82) is 0 Å². The molecular formula is C34H43Cl2N3O3. The minimum absolute atomic E-state index is 0. The number of benzene rings is 3. The first-order valence-corrected chi connectivity index (χ1v) is 15.0. The number of nitrogens with zero attached hydrogens (tertiary/aromatic N) is 1. The smallest absolute Gasteiger partial charge is 0.255 e. The predicted molar refractivity (Wildman–Crippen MR) is 175 cm³/mol. The van der Waals surface area contributed by atoms with E-state index in [4.69, 9.17) is 16.3 Å². The number of hydrogen-bond acceptors (Lipinski definition) is 4. The molecule has 1 aliphatic heterocycles. The maximum Gasteiger partial charge on any atom is 0.255 e. The number of amides is 2. The Bertz CT molecular complexity index is 1320. The lowest BCUT2D eigenvalue weighted by atomic mass is 9.85. The number of hydrogen-bond donors (Lipinski definition) is 2. The molecule has 8 heteroatoms. The van der Waals surface area contributed by atoms with Crippen LogP contribution < -0.4 is 15.4 Å². The quantitative estimate of drug-likeness (QED) is 0.217. The van der Waals surface area contributed by atoms with Gasteiger partial charge in [-0.1, -0.05) is 17.7 Å². The summed E-state index contributed by atoms with van der Waals surface area (Å²) in [6, 6.07) is 18.2. The lowest BCUT2D eigenvalue weighted by molar-refractivity contribution is 0.0951. The van der Waals surface area contributed by atoms with Crippen LogP contribution in [0.2, 0.25) is 5.02 Å². The van der Waals surface area contributed by atoms with Crippen molar-refractivity contribution in [2.45, 2.75) is 65.4 Å². The third-order valence-electron chi connectivity index (χ3n) is 7.65. The SMILES string of the molecule is Cc1cc(C2CCN(CCCCNC(=O)c3ccc(NC(=O)c4ccc(Cl)cc4)cc3)CC2)c(C)cc1OC(C)C.Cl. The molecule has 3 aromatic carbocycles. The summed E-state index contributed by atoms with van der Waals surface area (Å²) in [6.07, 6.45) is 4.54. The molecule has 2 N–H and O–H groups in total. The van der Waals surface area contributed by atoms with Crippen LogP contribution in [-0.4, -0.2) is 49.0 Å². The second-order valence-corrected chi connectivity index (χ2v) is 11.7. The monoisotopic (exact) mass is 611 g/mol. The van der Waals surface area contributed by atoms with Gasteiger partial charge in [0.2, 0.25) is 0 Å². The molecule has 0 spiro atoms. The Kier molecular flexibility index (Phi) is 12.7. The third kappa shape index (κ3) is 9.48. The van der Waals surface area contributed by atoms with Gasteiger partial charge in [-0.2, -0.15) is 0 Å². The summed E-state index contributed by atoms with van der Waals surface area (Å²) in [5, 5.41) is 6.43. The molecule has 1 fully saturated rings. The van der Waals surface area contributed by atoms with E-state index in [0.717, 1.165) is 38.2 Å². The van der Waals surface area contributed by atoms with Crippen LogP contribution in [0, 0.1) is 13.8 Å². The highest BCUT2D eigenvalue weighted by atomic mass is 35.5. The van der Waals surface area contributed by atoms with E-state index in [2.05, 4.69) is 55.4 Å². The largest absolute Gasteiger partial charge is 0.491 e. The van der Waals surface area contributed by atoms with Gasteiger partial charge in [0, 0.05) is 28.4 Å². The standard InChI is InChI=1S/C34H42ClN3O3.ClH/c1-23(2)41-32-22-24(3)31(21-25(32)4)26-15-19-38(20-16-26)18-6-5-17-36-33(39)27-9-13-30(14-10-27)37-34(40)28-7-11-29(35)12-8-28;/h7-14,21-23,26H,5-6,15-20H2,1-4H3,(H,36,39)(H,37,40);1H. The molecular weight excluding hydrogens is 569 g/mol. The van der Waals surface area contributed by atoms with Crippen molar-refractivity contribution in [3.63, 3.8) is 0 Å². The van der Waals surface area contributed by atoms with E-state index in [0.29, 0.717) is 34.3 Å². The number of unbranched alkanes of at least 4 members (excludes halogenated alkanes) is 1. The minimum Gasteiger partial charge on any atom is -0.491 e. The van der Waals surface area contributed by atoms with Crippen LogP contribution in [0.25, 0.3) is 0 Å². The summed E-state index contributed by atoms with van der Waals surface area (Å²) in [5.41, 5.74) is 5.75. The van der Waals surface area contributed by atoms with Crippen LogP contribution in [0.4, 0.5) is 5.69 Å². The number of halogens is 2. The Hall–Kier alpha value is -3.06. The Morgan fingerprint density at radius 2 is 1.52 bits per heavy atom. The predicted octanol–water partition coefficient (Wildman–Crippen LogP) is 7.81. The molecule has 6 nitrogen and oxygen atoms in total. The molecule has 0 unspecified atom stereocenters. The summed E-state index contributed by atoms with van der Waals surface area (Å²) in [7, 11) is 0. The van der Waals surface area contributed by atoms with Crippen molar-refractivity contribution < 1.29 is 14.3 Å². The molecule has 0 aromatic heterocycles. The summed E-state index contributed by atoms with van der Waals surface area (Å²) < 4.78 is 5.97. The third-order valence-corrected chi connectivity index (χ3v) is 7.90. The fourth-order valence-corrected chi connectivity index (χ4v) is 5.50. The fourth-order valence-electron chi connectivity index (χ4n) is 5.37. The summed E-state index contributed by atoms with van der Waals surface area (Å²) >= 11 is 5.88. The highest BCUT2D eigenvalue weighted by Crippen LogP contribution is 2.34. The number of likely N-dealkylation sites (tertiary alicyclic amines) is 1. The molecule has 226 valence electrons. The van der Waals surface area contributed by atoms with Crippen molar-refractivity contribution in [2.24, 2.45) is 0 Å². The Morgan fingerprint density at radius 3 is 2.17 bits per heavy atom. The van der Waals surface area contributed by atoms with Crippen LogP contribution in [-0.2, 0) is 0 Å². The molecule has 0 radical (unpaired) electrons. The van der Waals surface area contributed by atoms with Gasteiger partial charge < -0.3 is 20.3 Å². The number of ether oxygens (including phenoxy) is 1. The number of carbonyl (C=O) groups is 2. The van der Waals surface area contributed by atoms with Gasteiger partial charge in [0.1, 0.15) is 5.75 Å². The first-order chi connectivity index (χ1) is 19.7. The number of piperidine rings is 1. The summed E-state index contributed by atoms with van der Waals surface area (Å²) in [4.78, 5) is 27.5. The normalized spacial score (nSPS) is 13.9. The van der Waals surface area contributed by atoms with Crippen molar-refractivity contribution >= 4 is 41.5 Å². The minimum atomic E-state index is -0.223. The molecule has 4 rings (SSSR count). The van der Waals surface area contributed by atoms with Gasteiger partial charge >= 0.3 is 0 Å². The van der Waals surface area contributed by atoms with Crippen molar-refractivity contribution in [2.75, 3.05) is 31.5 Å². The van der Waals surface area contributed by atoms with Crippen LogP contribution >= 0.6 is 24.0 Å². The Balaban J connectivity index is 0.00000484. The van der Waals surface area contributed by atoms with Gasteiger partial charge in [0.05, 0.1) is 6.10 Å². The van der Waals surface area contributed by atoms with Gasteiger partial charge in [-0.15, -0.1) is 12.4 Å². The maximum atomic E-state index is 12.6. The average Bonchev–Trinajstić information content (AvgIpc) is 2.95. The van der Waals surface area contributed by atoms with E-state index in [1.807, 2.05) is 0 Å². The highest BCUT2D eigenvalue weighted by Gasteiger charge is 2.22. The van der Waals surface area contributed by atoms with Crippen molar-refractivity contribution in [3.05, 3.63) is 93.5 Å². The second-order valence-electron chi connectivity index (χ2n) is 11.3. The zero-order chi connectivity index (χ0) is 29.4. The molecule has 0 atom stereocenters. The van der Waals surface area contributed by atoms with Crippen molar-refractivity contribution in [3.8, 4) is 5.75 Å². The Labute approximate surface area is 261 Å². The molecule has 2 amide bonds. The van der Waals surface area contributed by atoms with Gasteiger partial charge in [-0.3, -0.25) is 9.59 Å². The van der Waals surface area contributed by atoms with Crippen LogP contribution in [0.1, 0.15) is 82.9 Å². The molecule has 1 aliphatic rings. The topological polar surface area (TPSA) is 70.7 Å². The average molecular weight is 613 g/mol. The summed E-state index contributed by atoms with van der Waals surface area (Å²) in [5.74, 6) is 1.28. The lowest BCUT2D eigenvalue weighted by Gasteiger charge is -2.33. The van der Waals surface area contributed by atoms with E-state index < -0.39 is 0 Å². The molecule has 0 bridgehead atoms. The molecule has 42 heavy (non-hydrogen) atoms. The van der Waals surface area contributed by atoms with Crippen molar-refractivity contribution in [1.82, 2.24) is 10.2 Å². The second kappa shape index (κ2) is 16.0. The molecule has 1 heterocycles. The number of anilines is 1. The fraction of sp³-hybridized carbons (Fsp3) is 0.412. The maximum absolute atomic E-state index is 12.6. The van der Waals surface area contributed by atoms with Crippen LogP contribution in [0.3, 0.4) is 0 Å². The van der Waals surface area contributed by atoms with Crippen LogP contribution in [0.15, 0.2) is 60.7 Å². The Morgan fingerprint density at radius 1 is 0.905 bits per heavy atom. The molecule has 1 saturated heterocycles. The van der Waals surface area contributed by atoms with E-state index >= 15 is 0 Å². The van der Waals surface area contributed by atoms with Gasteiger partial charge in [0.25, 0.3) is 11.8 Å². The molecule has 0 aliphatic carbocycles. The number of nitrogens with one attached hydrogen (secondary N) is 2. The zero-order valence-electron chi connectivity index (χ0n) is 25.0.